The summed E-state index contributed by atoms with van der Waals surface area (Å²) in [5, 5.41) is 13.5. The highest BCUT2D eigenvalue weighted by Gasteiger charge is 2.55. The number of hydrogen-bond acceptors (Lipinski definition) is 8. The predicted molar refractivity (Wildman–Crippen MR) is 106 cm³/mol. The van der Waals surface area contributed by atoms with Gasteiger partial charge in [-0.1, -0.05) is 57.9 Å². The van der Waals surface area contributed by atoms with Crippen LogP contribution in [0, 0.1) is 13.8 Å². The zero-order chi connectivity index (χ0) is 20.8. The second-order valence-corrected chi connectivity index (χ2v) is 7.42. The summed E-state index contributed by atoms with van der Waals surface area (Å²) >= 11 is 0. The van der Waals surface area contributed by atoms with Gasteiger partial charge in [-0.2, -0.15) is 10.1 Å². The third-order valence-electron chi connectivity index (χ3n) is 5.23. The van der Waals surface area contributed by atoms with Crippen LogP contribution in [0.4, 0.5) is 5.69 Å². The Morgan fingerprint density at radius 2 is 1.60 bits per heavy atom. The van der Waals surface area contributed by atoms with E-state index in [4.69, 9.17) is 4.52 Å². The molecule has 0 aliphatic carbocycles. The van der Waals surface area contributed by atoms with Crippen molar-refractivity contribution < 1.29 is 14.1 Å². The standard InChI is InChI=1S/C21H18N6O3/c1-12-3-7-14(8-4-12)19-22-16(30-24-19)11-26-18-17(23-25-26)20(28)27(21(18)29)15-9-5-13(2)6-10-15/h3-10,17-18H,11H2,1-2H3/t17-,18-/m1/s1. The van der Waals surface area contributed by atoms with Crippen molar-refractivity contribution in [3.63, 3.8) is 0 Å². The summed E-state index contributed by atoms with van der Waals surface area (Å²) in [6, 6.07) is 13.3. The summed E-state index contributed by atoms with van der Waals surface area (Å²) < 4.78 is 5.33. The lowest BCUT2D eigenvalue weighted by Crippen LogP contribution is -2.39. The van der Waals surface area contributed by atoms with Crippen molar-refractivity contribution in [3.05, 3.63) is 65.5 Å². The Kier molecular flexibility index (Phi) is 4.16. The van der Waals surface area contributed by atoms with E-state index in [2.05, 4.69) is 20.5 Å². The molecule has 0 spiro atoms. The van der Waals surface area contributed by atoms with Crippen LogP contribution < -0.4 is 4.90 Å². The van der Waals surface area contributed by atoms with Crippen molar-refractivity contribution in [1.82, 2.24) is 15.1 Å². The Hall–Kier alpha value is -3.88. The second-order valence-electron chi connectivity index (χ2n) is 7.42. The van der Waals surface area contributed by atoms with Crippen molar-refractivity contribution >= 4 is 17.5 Å². The van der Waals surface area contributed by atoms with Gasteiger partial charge in [-0.05, 0) is 26.0 Å². The molecule has 1 fully saturated rings. The fourth-order valence-electron chi connectivity index (χ4n) is 3.58. The van der Waals surface area contributed by atoms with Crippen LogP contribution in [0.3, 0.4) is 0 Å². The van der Waals surface area contributed by atoms with Gasteiger partial charge in [0.05, 0.1) is 5.69 Å². The number of carbonyl (C=O) groups excluding carboxylic acids is 2. The highest BCUT2D eigenvalue weighted by atomic mass is 16.5. The minimum atomic E-state index is -0.863. The van der Waals surface area contributed by atoms with Crippen LogP contribution in [0.15, 0.2) is 63.4 Å². The molecule has 2 amide bonds. The number of nitrogens with zero attached hydrogens (tertiary/aromatic N) is 6. The number of carbonyl (C=O) groups is 2. The number of rotatable bonds is 4. The molecular formula is C21H18N6O3. The first kappa shape index (κ1) is 18.2. The topological polar surface area (TPSA) is 104 Å². The summed E-state index contributed by atoms with van der Waals surface area (Å²) in [7, 11) is 0. The van der Waals surface area contributed by atoms with E-state index in [1.807, 2.05) is 50.2 Å². The number of benzene rings is 2. The van der Waals surface area contributed by atoms with Crippen molar-refractivity contribution in [3.8, 4) is 11.4 Å². The number of imide groups is 1. The van der Waals surface area contributed by atoms with Crippen molar-refractivity contribution in [1.29, 1.82) is 0 Å². The monoisotopic (exact) mass is 402 g/mol. The van der Waals surface area contributed by atoms with E-state index in [1.54, 1.807) is 12.1 Å². The molecule has 3 heterocycles. The summed E-state index contributed by atoms with van der Waals surface area (Å²) in [4.78, 5) is 31.3. The summed E-state index contributed by atoms with van der Waals surface area (Å²) in [5.41, 5.74) is 3.53. The first-order chi connectivity index (χ1) is 14.5. The Morgan fingerprint density at radius 3 is 2.30 bits per heavy atom. The van der Waals surface area contributed by atoms with Crippen LogP contribution in [-0.4, -0.2) is 39.0 Å². The Bertz CT molecular complexity index is 1150. The molecule has 5 rings (SSSR count). The molecule has 9 nitrogen and oxygen atoms in total. The minimum Gasteiger partial charge on any atom is -0.337 e. The average Bonchev–Trinajstić information content (AvgIpc) is 3.43. The van der Waals surface area contributed by atoms with Gasteiger partial charge in [0.25, 0.3) is 11.8 Å². The fourth-order valence-corrected chi connectivity index (χ4v) is 3.58. The van der Waals surface area contributed by atoms with E-state index in [0.29, 0.717) is 17.4 Å². The van der Waals surface area contributed by atoms with E-state index in [1.165, 1.54) is 9.91 Å². The van der Waals surface area contributed by atoms with Gasteiger partial charge in [-0.15, -0.1) is 0 Å². The van der Waals surface area contributed by atoms with Gasteiger partial charge in [0.1, 0.15) is 6.54 Å². The summed E-state index contributed by atoms with van der Waals surface area (Å²) in [5.74, 6) is -0.00453. The number of aromatic nitrogens is 2. The molecule has 2 aromatic carbocycles. The molecule has 2 aliphatic heterocycles. The third-order valence-corrected chi connectivity index (χ3v) is 5.23. The maximum Gasteiger partial charge on any atom is 0.263 e. The van der Waals surface area contributed by atoms with Gasteiger partial charge in [0, 0.05) is 5.56 Å². The maximum absolute atomic E-state index is 13.0. The zero-order valence-corrected chi connectivity index (χ0v) is 16.4. The largest absolute Gasteiger partial charge is 0.337 e. The molecule has 150 valence electrons. The summed E-state index contributed by atoms with van der Waals surface area (Å²) in [6.07, 6.45) is 0. The molecule has 2 atom stereocenters. The van der Waals surface area contributed by atoms with Crippen LogP contribution in [0.5, 0.6) is 0 Å². The highest BCUT2D eigenvalue weighted by molar-refractivity contribution is 6.25. The van der Waals surface area contributed by atoms with Gasteiger partial charge in [0.15, 0.2) is 12.1 Å². The van der Waals surface area contributed by atoms with Crippen molar-refractivity contribution in [2.24, 2.45) is 10.3 Å². The molecule has 0 saturated carbocycles. The van der Waals surface area contributed by atoms with Crippen LogP contribution in [0.1, 0.15) is 17.0 Å². The molecule has 2 aliphatic rings. The molecular weight excluding hydrogens is 384 g/mol. The van der Waals surface area contributed by atoms with Crippen LogP contribution in [0.2, 0.25) is 0 Å². The predicted octanol–water partition coefficient (Wildman–Crippen LogP) is 2.85. The molecule has 0 unspecified atom stereocenters. The first-order valence-electron chi connectivity index (χ1n) is 9.53. The van der Waals surface area contributed by atoms with Crippen LogP contribution in [-0.2, 0) is 16.1 Å². The van der Waals surface area contributed by atoms with Gasteiger partial charge in [-0.3, -0.25) is 14.6 Å². The number of fused-ring (bicyclic) bond motifs is 1. The lowest BCUT2D eigenvalue weighted by Gasteiger charge is -2.19. The number of aryl methyl sites for hydroxylation is 2. The van der Waals surface area contributed by atoms with Gasteiger partial charge in [-0.25, -0.2) is 4.90 Å². The van der Waals surface area contributed by atoms with E-state index < -0.39 is 12.1 Å². The molecule has 0 N–H and O–H groups in total. The van der Waals surface area contributed by atoms with Crippen molar-refractivity contribution in [2.75, 3.05) is 4.90 Å². The lowest BCUT2D eigenvalue weighted by atomic mass is 10.1. The number of amides is 2. The maximum atomic E-state index is 13.0. The zero-order valence-electron chi connectivity index (χ0n) is 16.4. The van der Waals surface area contributed by atoms with E-state index in [9.17, 15) is 9.59 Å². The van der Waals surface area contributed by atoms with Gasteiger partial charge >= 0.3 is 0 Å². The third kappa shape index (κ3) is 2.95. The molecule has 9 heteroatoms. The lowest BCUT2D eigenvalue weighted by molar-refractivity contribution is -0.123. The Balaban J connectivity index is 1.36. The smallest absolute Gasteiger partial charge is 0.263 e. The SMILES string of the molecule is Cc1ccc(-c2noc(CN3N=N[C@H]4C(=O)N(c5ccc(C)cc5)C(=O)[C@@H]43)n2)cc1. The minimum absolute atomic E-state index is 0.0876. The van der Waals surface area contributed by atoms with E-state index in [0.717, 1.165) is 16.7 Å². The normalized spacial score (nSPS) is 20.3. The van der Waals surface area contributed by atoms with Crippen LogP contribution >= 0.6 is 0 Å². The Morgan fingerprint density at radius 1 is 0.933 bits per heavy atom. The van der Waals surface area contributed by atoms with Gasteiger partial charge in [0.2, 0.25) is 11.7 Å². The molecule has 3 aromatic rings. The van der Waals surface area contributed by atoms with E-state index >= 15 is 0 Å². The second kappa shape index (κ2) is 6.87. The average molecular weight is 402 g/mol. The first-order valence-corrected chi connectivity index (χ1v) is 9.53. The van der Waals surface area contributed by atoms with Gasteiger partial charge < -0.3 is 4.52 Å². The number of hydrogen-bond donors (Lipinski definition) is 0. The van der Waals surface area contributed by atoms with E-state index in [-0.39, 0.29) is 18.4 Å². The fraction of sp³-hybridized carbons (Fsp3) is 0.238. The molecule has 1 aromatic heterocycles. The highest BCUT2D eigenvalue weighted by Crippen LogP contribution is 2.32. The number of anilines is 1. The molecule has 0 radical (unpaired) electrons. The molecule has 30 heavy (non-hydrogen) atoms. The molecule has 1 saturated heterocycles. The quantitative estimate of drug-likeness (QED) is 0.622. The molecule has 0 bridgehead atoms. The summed E-state index contributed by atoms with van der Waals surface area (Å²) in [6.45, 7) is 4.03. The van der Waals surface area contributed by atoms with Crippen molar-refractivity contribution in [2.45, 2.75) is 32.5 Å². The Labute approximate surface area is 172 Å². The van der Waals surface area contributed by atoms with Crippen LogP contribution in [0.25, 0.3) is 11.4 Å².